The van der Waals surface area contributed by atoms with Gasteiger partial charge in [0.2, 0.25) is 0 Å². The molecule has 46 heavy (non-hydrogen) atoms. The molecule has 1 heterocycles. The molecule has 0 spiro atoms. The van der Waals surface area contributed by atoms with E-state index in [0.717, 1.165) is 36.3 Å². The Balaban J connectivity index is 1.34. The van der Waals surface area contributed by atoms with Crippen molar-refractivity contribution in [3.63, 3.8) is 0 Å². The number of nitrogens with zero attached hydrogens (tertiary/aromatic N) is 1. The normalized spacial score (nSPS) is 19.2. The van der Waals surface area contributed by atoms with Gasteiger partial charge in [0.25, 0.3) is 0 Å². The Morgan fingerprint density at radius 2 is 1.59 bits per heavy atom. The first kappa shape index (κ1) is 32.1. The van der Waals surface area contributed by atoms with Gasteiger partial charge in [-0.3, -0.25) is 0 Å². The van der Waals surface area contributed by atoms with Gasteiger partial charge >= 0.3 is 0 Å². The molecule has 0 fully saturated rings. The van der Waals surface area contributed by atoms with Crippen molar-refractivity contribution in [2.75, 3.05) is 4.90 Å². The summed E-state index contributed by atoms with van der Waals surface area (Å²) in [5, 5.41) is 6.10. The summed E-state index contributed by atoms with van der Waals surface area (Å²) < 4.78 is 0. The van der Waals surface area contributed by atoms with Gasteiger partial charge in [-0.2, -0.15) is 0 Å². The van der Waals surface area contributed by atoms with E-state index in [1.165, 1.54) is 60.8 Å². The first-order chi connectivity index (χ1) is 22.0. The molecule has 1 unspecified atom stereocenters. The van der Waals surface area contributed by atoms with Crippen LogP contribution in [-0.4, -0.2) is 6.04 Å². The molecule has 2 heteroatoms. The Morgan fingerprint density at radius 1 is 0.935 bits per heavy atom. The van der Waals surface area contributed by atoms with Crippen LogP contribution in [0.4, 0.5) is 5.69 Å². The number of allylic oxidation sites excluding steroid dienone is 9. The van der Waals surface area contributed by atoms with Crippen LogP contribution in [0.15, 0.2) is 131 Å². The summed E-state index contributed by atoms with van der Waals surface area (Å²) in [7, 11) is 0. The van der Waals surface area contributed by atoms with Gasteiger partial charge in [-0.25, -0.2) is 0 Å². The number of fused-ring (bicyclic) bond motifs is 4. The summed E-state index contributed by atoms with van der Waals surface area (Å²) in [6.45, 7) is 20.7. The minimum Gasteiger partial charge on any atom is -0.341 e. The van der Waals surface area contributed by atoms with Gasteiger partial charge in [-0.15, -0.1) is 0 Å². The van der Waals surface area contributed by atoms with Gasteiger partial charge < -0.3 is 4.90 Å². The van der Waals surface area contributed by atoms with Gasteiger partial charge in [-0.05, 0) is 107 Å². The first-order valence-corrected chi connectivity index (χ1v) is 17.3. The molecule has 6 rings (SSSR count). The molecule has 1 nitrogen and oxygen atoms in total. The zero-order valence-corrected chi connectivity index (χ0v) is 29.4. The monoisotopic (exact) mass is 625 g/mol. The van der Waals surface area contributed by atoms with Crippen LogP contribution in [0.1, 0.15) is 83.9 Å². The highest BCUT2D eigenvalue weighted by Crippen LogP contribution is 2.52. The van der Waals surface area contributed by atoms with Crippen molar-refractivity contribution >= 4 is 38.8 Å². The van der Waals surface area contributed by atoms with Gasteiger partial charge in [0.15, 0.2) is 0 Å². The second-order valence-electron chi connectivity index (χ2n) is 14.3. The summed E-state index contributed by atoms with van der Waals surface area (Å²) in [4.78, 5) is 2.57. The van der Waals surface area contributed by atoms with Crippen molar-refractivity contribution in [3.05, 3.63) is 148 Å². The Kier molecular flexibility index (Phi) is 8.68. The van der Waals surface area contributed by atoms with Crippen LogP contribution in [0.5, 0.6) is 0 Å². The minimum atomic E-state index is -0.223. The molecule has 236 valence electrons. The minimum absolute atomic E-state index is 0.132. The molecule has 0 saturated heterocycles. The van der Waals surface area contributed by atoms with E-state index in [0.29, 0.717) is 6.04 Å². The third kappa shape index (κ3) is 5.47. The van der Waals surface area contributed by atoms with Gasteiger partial charge in [0.05, 0.1) is 0 Å². The number of halogens is 1. The van der Waals surface area contributed by atoms with E-state index >= 15 is 0 Å². The Labute approximate surface area is 281 Å². The zero-order chi connectivity index (χ0) is 32.8. The van der Waals surface area contributed by atoms with Crippen LogP contribution >= 0.6 is 11.6 Å². The smallest absolute Gasteiger partial charge is 0.0469 e. The predicted octanol–water partition coefficient (Wildman–Crippen LogP) is 12.8. The van der Waals surface area contributed by atoms with Crippen LogP contribution in [0.25, 0.3) is 21.5 Å². The van der Waals surface area contributed by atoms with Gasteiger partial charge in [0, 0.05) is 33.3 Å². The summed E-state index contributed by atoms with van der Waals surface area (Å²) in [6.07, 6.45) is 13.2. The lowest BCUT2D eigenvalue weighted by atomic mass is 9.74. The topological polar surface area (TPSA) is 3.24 Å². The van der Waals surface area contributed by atoms with Crippen molar-refractivity contribution in [2.24, 2.45) is 0 Å². The number of aryl methyl sites for hydroxylation is 1. The number of anilines is 1. The van der Waals surface area contributed by atoms with E-state index in [1.54, 1.807) is 0 Å². The highest BCUT2D eigenvalue weighted by atomic mass is 35.5. The molecule has 0 bridgehead atoms. The largest absolute Gasteiger partial charge is 0.341 e. The molecule has 1 aliphatic heterocycles. The molecule has 2 aliphatic rings. The molecule has 0 aromatic heterocycles. The van der Waals surface area contributed by atoms with E-state index in [-0.39, 0.29) is 10.8 Å². The lowest BCUT2D eigenvalue weighted by Crippen LogP contribution is -2.33. The number of hydrogen-bond donors (Lipinski definition) is 0. The molecule has 1 atom stereocenters. The molecule has 4 aromatic rings. The fourth-order valence-electron chi connectivity index (χ4n) is 7.79. The summed E-state index contributed by atoms with van der Waals surface area (Å²) >= 11 is 7.20. The molecule has 1 aliphatic carbocycles. The third-order valence-corrected chi connectivity index (χ3v) is 11.2. The molecular weight excluding hydrogens is 578 g/mol. The van der Waals surface area contributed by atoms with Crippen LogP contribution in [-0.2, 0) is 10.8 Å². The average Bonchev–Trinajstić information content (AvgIpc) is 3.28. The van der Waals surface area contributed by atoms with E-state index in [9.17, 15) is 0 Å². The van der Waals surface area contributed by atoms with Crippen molar-refractivity contribution in [3.8, 4) is 0 Å². The first-order valence-electron chi connectivity index (χ1n) is 16.9. The Morgan fingerprint density at radius 3 is 2.30 bits per heavy atom. The number of benzene rings is 4. The highest BCUT2D eigenvalue weighted by molar-refractivity contribution is 6.32. The van der Waals surface area contributed by atoms with Crippen molar-refractivity contribution in [1.82, 2.24) is 0 Å². The fourth-order valence-corrected chi connectivity index (χ4v) is 8.11. The molecular formula is C44H48ClN. The molecule has 0 saturated carbocycles. The summed E-state index contributed by atoms with van der Waals surface area (Å²) in [5.74, 6) is 0. The maximum atomic E-state index is 7.20. The van der Waals surface area contributed by atoms with Crippen molar-refractivity contribution in [2.45, 2.75) is 91.0 Å². The molecule has 0 N–H and O–H groups in total. The zero-order valence-electron chi connectivity index (χ0n) is 28.7. The van der Waals surface area contributed by atoms with E-state index in [4.69, 9.17) is 11.6 Å². The lowest BCUT2D eigenvalue weighted by molar-refractivity contribution is 0.593. The highest BCUT2D eigenvalue weighted by Gasteiger charge is 2.42. The SMILES string of the molecule is C=C(/C=C/C1=C(Cl)C(=C/C=C2/N(C(C)CC)c3ccc4ccccc4c3C2(C)C)/CCC1)C(C)(C)c1c(C)ccc2ccccc12. The van der Waals surface area contributed by atoms with E-state index < -0.39 is 0 Å². The van der Waals surface area contributed by atoms with Crippen molar-refractivity contribution < 1.29 is 0 Å². The second-order valence-corrected chi connectivity index (χ2v) is 14.7. The van der Waals surface area contributed by atoms with E-state index in [2.05, 4.69) is 157 Å². The Bertz CT molecular complexity index is 1960. The summed E-state index contributed by atoms with van der Waals surface area (Å²) in [5.41, 5.74) is 9.88. The van der Waals surface area contributed by atoms with Crippen molar-refractivity contribution in [1.29, 1.82) is 0 Å². The summed E-state index contributed by atoms with van der Waals surface area (Å²) in [6, 6.07) is 26.9. The maximum Gasteiger partial charge on any atom is 0.0469 e. The molecule has 4 aromatic carbocycles. The van der Waals surface area contributed by atoms with Gasteiger partial charge in [0.1, 0.15) is 0 Å². The number of hydrogen-bond acceptors (Lipinski definition) is 1. The van der Waals surface area contributed by atoms with Crippen LogP contribution in [0, 0.1) is 6.92 Å². The van der Waals surface area contributed by atoms with Crippen LogP contribution in [0.2, 0.25) is 0 Å². The maximum absolute atomic E-state index is 7.20. The van der Waals surface area contributed by atoms with Gasteiger partial charge in [-0.1, -0.05) is 138 Å². The Hall–Kier alpha value is -3.81. The standard InChI is InChI=1S/C44H48ClN/c1-9-31(4)46-38-27-25-33-16-11-13-20-37(33)41(38)44(7,8)39(46)28-26-35-18-14-17-34(42(35)45)24-22-30(3)43(5,6)40-29(2)21-23-32-15-10-12-19-36(32)40/h10-13,15-16,19-28,31H,3,9,14,17-18H2,1-2,4-8H3/b24-22+,35-26+,39-28+. The lowest BCUT2D eigenvalue weighted by Gasteiger charge is -2.31. The fraction of sp³-hybridized carbons (Fsp3) is 0.318. The second kappa shape index (κ2) is 12.4. The third-order valence-electron chi connectivity index (χ3n) is 10.7. The average molecular weight is 626 g/mol. The van der Waals surface area contributed by atoms with E-state index in [1.807, 2.05) is 0 Å². The predicted molar refractivity (Wildman–Crippen MR) is 202 cm³/mol. The molecule has 0 amide bonds. The molecule has 0 radical (unpaired) electrons. The number of rotatable bonds is 7. The quantitative estimate of drug-likeness (QED) is 0.185. The van der Waals surface area contributed by atoms with Crippen LogP contribution < -0.4 is 4.90 Å². The van der Waals surface area contributed by atoms with Crippen LogP contribution in [0.3, 0.4) is 0 Å².